The summed E-state index contributed by atoms with van der Waals surface area (Å²) in [5.74, 6) is -0.279. The molecule has 1 aromatic carbocycles. The minimum absolute atomic E-state index is 0.0634. The second-order valence-corrected chi connectivity index (χ2v) is 9.61. The molecule has 6 rings (SSSR count). The number of benzene rings is 1. The number of anilines is 1. The van der Waals surface area contributed by atoms with Crippen molar-refractivity contribution in [3.63, 3.8) is 0 Å². The van der Waals surface area contributed by atoms with Gasteiger partial charge in [-0.2, -0.15) is 0 Å². The molecule has 2 aromatic heterocycles. The van der Waals surface area contributed by atoms with Crippen LogP contribution in [0.5, 0.6) is 0 Å². The van der Waals surface area contributed by atoms with Gasteiger partial charge in [-0.3, -0.25) is 4.79 Å². The molecule has 174 valence electrons. The van der Waals surface area contributed by atoms with Gasteiger partial charge in [0.15, 0.2) is 0 Å². The fourth-order valence-electron chi connectivity index (χ4n) is 5.24. The summed E-state index contributed by atoms with van der Waals surface area (Å²) in [6.45, 7) is 3.32. The van der Waals surface area contributed by atoms with Gasteiger partial charge in [0.2, 0.25) is 0 Å². The number of halogens is 4. The van der Waals surface area contributed by atoms with Gasteiger partial charge >= 0.3 is 0 Å². The first-order valence-electron chi connectivity index (χ1n) is 11.0. The quantitative estimate of drug-likeness (QED) is 0.509. The first-order chi connectivity index (χ1) is 15.7. The molecule has 0 amide bonds. The van der Waals surface area contributed by atoms with E-state index in [-0.39, 0.29) is 29.0 Å². The second kappa shape index (κ2) is 7.81. The van der Waals surface area contributed by atoms with Crippen molar-refractivity contribution in [3.8, 4) is 0 Å². The Kier molecular flexibility index (Phi) is 5.17. The molecule has 1 unspecified atom stereocenters. The van der Waals surface area contributed by atoms with Crippen LogP contribution in [-0.2, 0) is 5.54 Å². The van der Waals surface area contributed by atoms with Crippen molar-refractivity contribution in [2.75, 3.05) is 5.32 Å². The first kappa shape index (κ1) is 21.9. The number of pyridine rings is 1. The van der Waals surface area contributed by atoms with Crippen LogP contribution < -0.4 is 10.9 Å². The third-order valence-corrected chi connectivity index (χ3v) is 7.16. The van der Waals surface area contributed by atoms with E-state index in [9.17, 15) is 22.4 Å². The Morgan fingerprint density at radius 2 is 1.91 bits per heavy atom. The molecule has 33 heavy (non-hydrogen) atoms. The van der Waals surface area contributed by atoms with Gasteiger partial charge in [-0.15, -0.1) is 0 Å². The van der Waals surface area contributed by atoms with Crippen LogP contribution in [0.15, 0.2) is 41.6 Å². The van der Waals surface area contributed by atoms with Crippen LogP contribution in [0.4, 0.5) is 23.4 Å². The topological polar surface area (TPSA) is 59.8 Å². The Bertz CT molecular complexity index is 1270. The average Bonchev–Trinajstić information content (AvgIpc) is 2.71. The van der Waals surface area contributed by atoms with Crippen LogP contribution in [0.1, 0.15) is 56.7 Å². The molecule has 9 heteroatoms. The summed E-state index contributed by atoms with van der Waals surface area (Å²) in [5, 5.41) is 3.66. The summed E-state index contributed by atoms with van der Waals surface area (Å²) >= 11 is 0. The van der Waals surface area contributed by atoms with Crippen LogP contribution in [-0.4, -0.2) is 20.7 Å². The van der Waals surface area contributed by atoms with E-state index in [4.69, 9.17) is 0 Å². The molecular formula is C24H24F4N4O. The lowest BCUT2D eigenvalue weighted by Gasteiger charge is -2.48. The number of hydrogen-bond acceptors (Lipinski definition) is 4. The van der Waals surface area contributed by atoms with Crippen molar-refractivity contribution >= 4 is 16.7 Å². The van der Waals surface area contributed by atoms with E-state index in [1.54, 1.807) is 24.6 Å². The van der Waals surface area contributed by atoms with E-state index >= 15 is 0 Å². The molecule has 3 aliphatic carbocycles. The van der Waals surface area contributed by atoms with E-state index in [2.05, 4.69) is 15.3 Å². The van der Waals surface area contributed by atoms with Crippen LogP contribution in [0, 0.1) is 17.7 Å². The maximum Gasteiger partial charge on any atom is 0.266 e. The van der Waals surface area contributed by atoms with Gasteiger partial charge < -0.3 is 9.88 Å². The predicted molar refractivity (Wildman–Crippen MR) is 117 cm³/mol. The fraction of sp³-hybridized carbons (Fsp3) is 0.458. The predicted octanol–water partition coefficient (Wildman–Crippen LogP) is 5.52. The first-order valence-corrected chi connectivity index (χ1v) is 11.0. The number of alkyl halides is 3. The van der Waals surface area contributed by atoms with Gasteiger partial charge in [0.25, 0.3) is 12.0 Å². The van der Waals surface area contributed by atoms with Crippen LogP contribution in [0.2, 0.25) is 0 Å². The number of hydrogen-bond donors (Lipinski definition) is 1. The highest BCUT2D eigenvalue weighted by molar-refractivity contribution is 5.88. The third-order valence-electron chi connectivity index (χ3n) is 7.16. The lowest BCUT2D eigenvalue weighted by molar-refractivity contribution is -0.0183. The van der Waals surface area contributed by atoms with Crippen molar-refractivity contribution in [3.05, 3.63) is 64.1 Å². The van der Waals surface area contributed by atoms with E-state index in [1.165, 1.54) is 24.5 Å². The number of aromatic nitrogens is 3. The standard InChI is InChI=1S/C24H24F4N4O/c1-24(2,16-5-3-4-14(21(16)26)22(27)28)31-23-15-10-32(20(33)9-18(15)29-11-30-23)19-8-17(25)12-6-13(19)7-12/h3-5,9-13,17,19,22H,6-8H2,1-2H3,(H,29,30,31)/t12?,13?,17-,19?/m1/s1. The molecule has 3 aliphatic rings. The van der Waals surface area contributed by atoms with Crippen molar-refractivity contribution in [2.45, 2.75) is 57.3 Å². The Morgan fingerprint density at radius 1 is 1.15 bits per heavy atom. The van der Waals surface area contributed by atoms with Crippen molar-refractivity contribution < 1.29 is 17.6 Å². The fourth-order valence-corrected chi connectivity index (χ4v) is 5.24. The monoisotopic (exact) mass is 460 g/mol. The van der Waals surface area contributed by atoms with E-state index in [0.29, 0.717) is 23.1 Å². The minimum Gasteiger partial charge on any atom is -0.360 e. The number of rotatable bonds is 5. The summed E-state index contributed by atoms with van der Waals surface area (Å²) < 4.78 is 57.2. The number of fused-ring (bicyclic) bond motifs is 3. The molecule has 0 aliphatic heterocycles. The van der Waals surface area contributed by atoms with Gasteiger partial charge in [-0.05, 0) is 44.9 Å². The zero-order valence-corrected chi connectivity index (χ0v) is 18.2. The van der Waals surface area contributed by atoms with Gasteiger partial charge in [0, 0.05) is 23.9 Å². The molecule has 2 atom stereocenters. The molecule has 0 radical (unpaired) electrons. The Balaban J connectivity index is 1.55. The zero-order valence-electron chi connectivity index (χ0n) is 18.2. The maximum atomic E-state index is 14.8. The van der Waals surface area contributed by atoms with Crippen molar-refractivity contribution in [2.24, 2.45) is 11.8 Å². The van der Waals surface area contributed by atoms with Crippen molar-refractivity contribution in [1.29, 1.82) is 0 Å². The molecular weight excluding hydrogens is 436 g/mol. The molecule has 0 spiro atoms. The lowest BCUT2D eigenvalue weighted by atomic mass is 9.61. The van der Waals surface area contributed by atoms with Gasteiger partial charge in [0.05, 0.1) is 22.0 Å². The lowest BCUT2D eigenvalue weighted by Crippen LogP contribution is -2.46. The second-order valence-electron chi connectivity index (χ2n) is 9.61. The summed E-state index contributed by atoms with van der Waals surface area (Å²) in [7, 11) is 0. The molecule has 3 saturated carbocycles. The van der Waals surface area contributed by atoms with Gasteiger partial charge in [-0.1, -0.05) is 18.2 Å². The molecule has 3 aromatic rings. The normalized spacial score (nSPS) is 24.7. The van der Waals surface area contributed by atoms with E-state index < -0.39 is 29.5 Å². The zero-order chi connectivity index (χ0) is 23.5. The summed E-state index contributed by atoms with van der Waals surface area (Å²) in [6.07, 6.45) is 0.920. The third kappa shape index (κ3) is 3.67. The Morgan fingerprint density at radius 3 is 2.61 bits per heavy atom. The van der Waals surface area contributed by atoms with Crippen LogP contribution in [0.25, 0.3) is 10.9 Å². The summed E-state index contributed by atoms with van der Waals surface area (Å²) in [4.78, 5) is 21.3. The average molecular weight is 460 g/mol. The number of nitrogens with zero attached hydrogens (tertiary/aromatic N) is 3. The van der Waals surface area contributed by atoms with Crippen LogP contribution >= 0.6 is 0 Å². The van der Waals surface area contributed by atoms with Gasteiger partial charge in [-0.25, -0.2) is 27.5 Å². The highest BCUT2D eigenvalue weighted by Crippen LogP contribution is 2.52. The van der Waals surface area contributed by atoms with Gasteiger partial charge in [0.1, 0.15) is 24.1 Å². The van der Waals surface area contributed by atoms with Crippen LogP contribution in [0.3, 0.4) is 0 Å². The molecule has 3 fully saturated rings. The summed E-state index contributed by atoms with van der Waals surface area (Å²) in [6, 6.07) is 5.06. The minimum atomic E-state index is -2.93. The van der Waals surface area contributed by atoms with Crippen molar-refractivity contribution in [1.82, 2.24) is 14.5 Å². The highest BCUT2D eigenvalue weighted by Gasteiger charge is 2.47. The Labute approximate surface area is 187 Å². The maximum absolute atomic E-state index is 14.8. The number of nitrogens with one attached hydrogen (secondary N) is 1. The largest absolute Gasteiger partial charge is 0.360 e. The van der Waals surface area contributed by atoms with E-state index in [0.717, 1.165) is 18.9 Å². The Hall–Kier alpha value is -2.97. The summed E-state index contributed by atoms with van der Waals surface area (Å²) in [5.41, 5.74) is -1.57. The smallest absolute Gasteiger partial charge is 0.266 e. The molecule has 1 N–H and O–H groups in total. The molecule has 0 saturated heterocycles. The van der Waals surface area contributed by atoms with E-state index in [1.807, 2.05) is 0 Å². The molecule has 2 heterocycles. The highest BCUT2D eigenvalue weighted by atomic mass is 19.3. The molecule has 5 nitrogen and oxygen atoms in total. The molecule has 2 bridgehead atoms. The SMILES string of the molecule is CC(C)(Nc1ncnc2cc(=O)n(C3C[C@@H](F)C4CC3C4)cc12)c1cccc(C(F)F)c1F.